The molecule has 49 heavy (non-hydrogen) atoms. The molecule has 0 bridgehead atoms. The third kappa shape index (κ3) is 10.9. The number of amides is 2. The fourth-order valence-corrected chi connectivity index (χ4v) is 4.89. The highest BCUT2D eigenvalue weighted by molar-refractivity contribution is 5.99. The van der Waals surface area contributed by atoms with Crippen molar-refractivity contribution in [3.63, 3.8) is 0 Å². The summed E-state index contributed by atoms with van der Waals surface area (Å²) in [7, 11) is 1.40. The van der Waals surface area contributed by atoms with Gasteiger partial charge in [0.05, 0.1) is 18.7 Å². The largest absolute Gasteiger partial charge is 0.497 e. The molecule has 0 aliphatic heterocycles. The number of hydrogen-bond donors (Lipinski definition) is 3. The molecule has 14 heteroatoms. The van der Waals surface area contributed by atoms with Crippen LogP contribution in [-0.2, 0) is 25.6 Å². The van der Waals surface area contributed by atoms with Gasteiger partial charge >= 0.3 is 12.1 Å². The van der Waals surface area contributed by atoms with Gasteiger partial charge in [-0.1, -0.05) is 44.2 Å². The topological polar surface area (TPSA) is 172 Å². The Kier molecular flexibility index (Phi) is 13.0. The zero-order valence-corrected chi connectivity index (χ0v) is 26.7. The van der Waals surface area contributed by atoms with Crippen LogP contribution in [0.25, 0.3) is 0 Å². The standard InChI is InChI=1S/C35H34F3N3O8/c1-20(2)27(32(45)35(36,37)38)17-29(42)31(23-10-12-25(48-3)13-11-23)41-34(47)28(15-21-6-4-7-22(14-21)18-39)40-33(46)24-8-5-9-26(16-24)49-19-30(43)44/h4-14,16,20,27-28,31H,15,17,19H2,1-3H3,(H,40,46)(H,41,47)(H,43,44)/t27-,28-,31-/m0/s1. The molecule has 0 fully saturated rings. The van der Waals surface area contributed by atoms with E-state index in [1.54, 1.807) is 12.1 Å². The molecule has 258 valence electrons. The van der Waals surface area contributed by atoms with Gasteiger partial charge in [0.1, 0.15) is 23.6 Å². The zero-order chi connectivity index (χ0) is 36.3. The Balaban J connectivity index is 1.99. The van der Waals surface area contributed by atoms with Gasteiger partial charge in [0.25, 0.3) is 5.91 Å². The number of carbonyl (C=O) groups excluding carboxylic acids is 4. The molecule has 0 heterocycles. The van der Waals surface area contributed by atoms with Crippen molar-refractivity contribution < 1.29 is 51.7 Å². The predicted octanol–water partition coefficient (Wildman–Crippen LogP) is 4.59. The molecule has 0 radical (unpaired) electrons. The highest BCUT2D eigenvalue weighted by Gasteiger charge is 2.45. The van der Waals surface area contributed by atoms with Crippen molar-refractivity contribution in [1.29, 1.82) is 5.26 Å². The number of benzene rings is 3. The molecule has 0 saturated carbocycles. The van der Waals surface area contributed by atoms with Crippen LogP contribution in [0.3, 0.4) is 0 Å². The molecule has 11 nitrogen and oxygen atoms in total. The average Bonchev–Trinajstić information content (AvgIpc) is 3.07. The number of nitriles is 1. The van der Waals surface area contributed by atoms with Crippen LogP contribution in [-0.4, -0.2) is 60.4 Å². The molecule has 3 aromatic carbocycles. The van der Waals surface area contributed by atoms with Crippen molar-refractivity contribution in [2.45, 2.75) is 44.9 Å². The summed E-state index contributed by atoms with van der Waals surface area (Å²) in [6.45, 7) is 2.09. The van der Waals surface area contributed by atoms with Gasteiger partial charge in [-0.3, -0.25) is 19.2 Å². The first-order chi connectivity index (χ1) is 23.1. The lowest BCUT2D eigenvalue weighted by atomic mass is 9.84. The van der Waals surface area contributed by atoms with E-state index in [1.165, 1.54) is 81.6 Å². The number of ether oxygens (including phenoxy) is 2. The summed E-state index contributed by atoms with van der Waals surface area (Å²) < 4.78 is 50.5. The molecule has 0 aliphatic rings. The Hall–Kier alpha value is -5.71. The first-order valence-corrected chi connectivity index (χ1v) is 15.0. The van der Waals surface area contributed by atoms with Crippen LogP contribution in [0, 0.1) is 23.2 Å². The first-order valence-electron chi connectivity index (χ1n) is 15.0. The van der Waals surface area contributed by atoms with E-state index >= 15 is 0 Å². The van der Waals surface area contributed by atoms with E-state index in [9.17, 15) is 42.4 Å². The summed E-state index contributed by atoms with van der Waals surface area (Å²) in [5, 5.41) is 23.4. The number of carboxylic acid groups (broad SMARTS) is 1. The van der Waals surface area contributed by atoms with Gasteiger partial charge < -0.3 is 25.2 Å². The van der Waals surface area contributed by atoms with Crippen LogP contribution in [0.4, 0.5) is 13.2 Å². The molecule has 3 N–H and O–H groups in total. The summed E-state index contributed by atoms with van der Waals surface area (Å²) in [6.07, 6.45) is -6.19. The molecule has 0 unspecified atom stereocenters. The van der Waals surface area contributed by atoms with Crippen LogP contribution in [0.2, 0.25) is 0 Å². The van der Waals surface area contributed by atoms with E-state index < -0.39 is 72.5 Å². The number of hydrogen-bond acceptors (Lipinski definition) is 8. The fourth-order valence-electron chi connectivity index (χ4n) is 4.89. The van der Waals surface area contributed by atoms with Crippen molar-refractivity contribution in [2.24, 2.45) is 11.8 Å². The van der Waals surface area contributed by atoms with E-state index in [4.69, 9.17) is 14.6 Å². The second kappa shape index (κ2) is 16.9. The minimum atomic E-state index is -5.18. The van der Waals surface area contributed by atoms with E-state index in [1.807, 2.05) is 6.07 Å². The van der Waals surface area contributed by atoms with Crippen molar-refractivity contribution in [3.05, 3.63) is 95.1 Å². The van der Waals surface area contributed by atoms with Gasteiger partial charge in [-0.15, -0.1) is 0 Å². The van der Waals surface area contributed by atoms with Gasteiger partial charge in [0, 0.05) is 24.3 Å². The molecule has 3 rings (SSSR count). The Morgan fingerprint density at radius 2 is 1.59 bits per heavy atom. The first kappa shape index (κ1) is 37.7. The number of halogens is 3. The van der Waals surface area contributed by atoms with E-state index in [0.717, 1.165) is 0 Å². The van der Waals surface area contributed by atoms with Crippen LogP contribution in [0.15, 0.2) is 72.8 Å². The van der Waals surface area contributed by atoms with Crippen molar-refractivity contribution in [2.75, 3.05) is 13.7 Å². The lowest BCUT2D eigenvalue weighted by Gasteiger charge is -2.26. The minimum Gasteiger partial charge on any atom is -0.497 e. The zero-order valence-electron chi connectivity index (χ0n) is 26.7. The molecule has 3 aromatic rings. The molecule has 0 aliphatic carbocycles. The molecule has 2 amide bonds. The molecule has 3 atom stereocenters. The average molecular weight is 682 g/mol. The number of rotatable bonds is 16. The van der Waals surface area contributed by atoms with Crippen molar-refractivity contribution in [1.82, 2.24) is 10.6 Å². The summed E-state index contributed by atoms with van der Waals surface area (Å²) in [4.78, 5) is 64.1. The van der Waals surface area contributed by atoms with Crippen molar-refractivity contribution >= 4 is 29.4 Å². The maximum atomic E-state index is 13.9. The number of nitrogens with zero attached hydrogens (tertiary/aromatic N) is 1. The van der Waals surface area contributed by atoms with Gasteiger partial charge in [-0.05, 0) is 59.5 Å². The normalized spacial score (nSPS) is 12.9. The number of Topliss-reactive ketones (excluding diaryl/α,β-unsaturated/α-hetero) is 2. The number of nitrogens with one attached hydrogen (secondary N) is 2. The second-order valence-corrected chi connectivity index (χ2v) is 11.4. The third-order valence-electron chi connectivity index (χ3n) is 7.48. The summed E-state index contributed by atoms with van der Waals surface area (Å²) in [6, 6.07) is 16.6. The lowest BCUT2D eigenvalue weighted by molar-refractivity contribution is -0.177. The van der Waals surface area contributed by atoms with Crippen LogP contribution in [0.1, 0.15) is 53.4 Å². The monoisotopic (exact) mass is 681 g/mol. The minimum absolute atomic E-state index is 0.000293. The quantitative estimate of drug-likeness (QED) is 0.196. The molecule has 0 aromatic heterocycles. The number of ketones is 2. The summed E-state index contributed by atoms with van der Waals surface area (Å²) in [5.74, 6) is -7.98. The van der Waals surface area contributed by atoms with Crippen LogP contribution < -0.4 is 20.1 Å². The predicted molar refractivity (Wildman–Crippen MR) is 169 cm³/mol. The van der Waals surface area contributed by atoms with Crippen LogP contribution in [0.5, 0.6) is 11.5 Å². The van der Waals surface area contributed by atoms with E-state index in [2.05, 4.69) is 10.6 Å². The maximum Gasteiger partial charge on any atom is 0.450 e. The number of carboxylic acids is 1. The highest BCUT2D eigenvalue weighted by Crippen LogP contribution is 2.30. The maximum absolute atomic E-state index is 13.9. The Morgan fingerprint density at radius 1 is 0.918 bits per heavy atom. The number of carbonyl (C=O) groups is 5. The Bertz CT molecular complexity index is 1720. The van der Waals surface area contributed by atoms with E-state index in [0.29, 0.717) is 11.3 Å². The van der Waals surface area contributed by atoms with Crippen molar-refractivity contribution in [3.8, 4) is 17.6 Å². The number of methoxy groups -OCH3 is 1. The fraction of sp³-hybridized carbons (Fsp3) is 0.314. The lowest BCUT2D eigenvalue weighted by Crippen LogP contribution is -2.50. The smallest absolute Gasteiger partial charge is 0.450 e. The van der Waals surface area contributed by atoms with Gasteiger partial charge in [0.15, 0.2) is 12.4 Å². The molecule has 0 spiro atoms. The Labute approximate surface area is 280 Å². The Morgan fingerprint density at radius 3 is 2.18 bits per heavy atom. The molecular formula is C35H34F3N3O8. The molecule has 0 saturated heterocycles. The van der Waals surface area contributed by atoms with Crippen LogP contribution >= 0.6 is 0 Å². The highest BCUT2D eigenvalue weighted by atomic mass is 19.4. The second-order valence-electron chi connectivity index (χ2n) is 11.4. The molecular weight excluding hydrogens is 647 g/mol. The van der Waals surface area contributed by atoms with Gasteiger partial charge in [0.2, 0.25) is 11.7 Å². The van der Waals surface area contributed by atoms with E-state index in [-0.39, 0.29) is 28.9 Å². The van der Waals surface area contributed by atoms with Gasteiger partial charge in [-0.2, -0.15) is 18.4 Å². The number of alkyl halides is 3. The third-order valence-corrected chi connectivity index (χ3v) is 7.48. The summed E-state index contributed by atoms with van der Waals surface area (Å²) >= 11 is 0. The number of aliphatic carboxylic acids is 1. The summed E-state index contributed by atoms with van der Waals surface area (Å²) in [5.41, 5.74) is 0.910. The van der Waals surface area contributed by atoms with Gasteiger partial charge in [-0.25, -0.2) is 4.79 Å². The SMILES string of the molecule is COc1ccc([C@H](NC(=O)[C@H](Cc2cccc(C#N)c2)NC(=O)c2cccc(OCC(=O)O)c2)C(=O)C[C@H](C(=O)C(F)(F)F)C(C)C)cc1.